The van der Waals surface area contributed by atoms with Gasteiger partial charge in [0.2, 0.25) is 0 Å². The van der Waals surface area contributed by atoms with Gasteiger partial charge in [0.15, 0.2) is 5.69 Å². The molecule has 0 spiro atoms. The largest absolute Gasteiger partial charge is 0.337 e. The predicted octanol–water partition coefficient (Wildman–Crippen LogP) is 2.18. The first-order valence-corrected chi connectivity index (χ1v) is 7.30. The normalized spacial score (nSPS) is 18.8. The minimum atomic E-state index is -0.130. The third-order valence-corrected chi connectivity index (χ3v) is 4.01. The van der Waals surface area contributed by atoms with E-state index in [2.05, 4.69) is 20.2 Å². The molecule has 0 bridgehead atoms. The van der Waals surface area contributed by atoms with Gasteiger partial charge in [-0.1, -0.05) is 11.6 Å². The van der Waals surface area contributed by atoms with Crippen molar-refractivity contribution < 1.29 is 4.79 Å². The molecule has 3 heterocycles. The quantitative estimate of drug-likeness (QED) is 0.923. The molecule has 1 N–H and O–H groups in total. The Bertz CT molecular complexity index is 643. The van der Waals surface area contributed by atoms with Crippen molar-refractivity contribution in [3.63, 3.8) is 0 Å². The summed E-state index contributed by atoms with van der Waals surface area (Å²) in [5.74, 6) is 0.700. The lowest BCUT2D eigenvalue weighted by Gasteiger charge is -2.32. The van der Waals surface area contributed by atoms with Gasteiger partial charge in [0.05, 0.1) is 11.2 Å². The van der Waals surface area contributed by atoms with Gasteiger partial charge in [-0.15, -0.1) is 0 Å². The molecule has 1 fully saturated rings. The van der Waals surface area contributed by atoms with Crippen molar-refractivity contribution in [3.8, 4) is 0 Å². The number of halogens is 1. The second-order valence-corrected chi connectivity index (χ2v) is 5.62. The second kappa shape index (κ2) is 5.81. The molecule has 0 saturated carbocycles. The van der Waals surface area contributed by atoms with Gasteiger partial charge in [-0.05, 0) is 25.8 Å². The maximum Gasteiger partial charge on any atom is 0.274 e. The highest BCUT2D eigenvalue weighted by Crippen LogP contribution is 2.27. The van der Waals surface area contributed by atoms with E-state index in [0.29, 0.717) is 17.4 Å². The second-order valence-electron chi connectivity index (χ2n) is 5.22. The zero-order chi connectivity index (χ0) is 14.8. The minimum absolute atomic E-state index is 0.130. The van der Waals surface area contributed by atoms with Crippen molar-refractivity contribution in [3.05, 3.63) is 40.7 Å². The third kappa shape index (κ3) is 2.90. The standard InChI is InChI=1S/C14H16ClN5O/c1-9-16-7-11(15)13(18-9)14(21)20-6-2-3-10(8-20)12-4-5-17-19-12/h4-5,7,10H,2-3,6,8H2,1H3,(H,17,19)/t10-/m1/s1. The van der Waals surface area contributed by atoms with Crippen LogP contribution >= 0.6 is 11.6 Å². The number of carbonyl (C=O) groups is 1. The monoisotopic (exact) mass is 305 g/mol. The molecule has 1 saturated heterocycles. The number of nitrogens with zero attached hydrogens (tertiary/aromatic N) is 4. The Kier molecular flexibility index (Phi) is 3.88. The van der Waals surface area contributed by atoms with Crippen molar-refractivity contribution in [2.45, 2.75) is 25.7 Å². The van der Waals surface area contributed by atoms with E-state index in [0.717, 1.165) is 25.1 Å². The molecule has 1 aliphatic rings. The topological polar surface area (TPSA) is 74.8 Å². The van der Waals surface area contributed by atoms with Crippen molar-refractivity contribution in [2.24, 2.45) is 0 Å². The number of nitrogens with one attached hydrogen (secondary N) is 1. The van der Waals surface area contributed by atoms with Gasteiger partial charge in [-0.2, -0.15) is 5.10 Å². The van der Waals surface area contributed by atoms with Gasteiger partial charge < -0.3 is 4.90 Å². The molecule has 1 atom stereocenters. The fourth-order valence-electron chi connectivity index (χ4n) is 2.66. The number of carbonyl (C=O) groups excluding carboxylic acids is 1. The molecule has 1 aliphatic heterocycles. The number of hydrogen-bond acceptors (Lipinski definition) is 4. The van der Waals surface area contributed by atoms with Crippen molar-refractivity contribution in [2.75, 3.05) is 13.1 Å². The van der Waals surface area contributed by atoms with E-state index in [1.54, 1.807) is 13.1 Å². The Morgan fingerprint density at radius 2 is 2.38 bits per heavy atom. The van der Waals surface area contributed by atoms with Gasteiger partial charge in [0, 0.05) is 30.9 Å². The molecular weight excluding hydrogens is 290 g/mol. The number of likely N-dealkylation sites (tertiary alicyclic amines) is 1. The maximum atomic E-state index is 12.6. The van der Waals surface area contributed by atoms with Crippen LogP contribution in [0.25, 0.3) is 0 Å². The van der Waals surface area contributed by atoms with Crippen LogP contribution in [0.4, 0.5) is 0 Å². The van der Waals surface area contributed by atoms with Crippen LogP contribution in [0, 0.1) is 6.92 Å². The summed E-state index contributed by atoms with van der Waals surface area (Å²) < 4.78 is 0. The first-order valence-electron chi connectivity index (χ1n) is 6.93. The summed E-state index contributed by atoms with van der Waals surface area (Å²) in [7, 11) is 0. The lowest BCUT2D eigenvalue weighted by Crippen LogP contribution is -2.39. The fourth-order valence-corrected chi connectivity index (χ4v) is 2.84. The van der Waals surface area contributed by atoms with Crippen LogP contribution in [0.1, 0.15) is 40.8 Å². The van der Waals surface area contributed by atoms with E-state index >= 15 is 0 Å². The highest BCUT2D eigenvalue weighted by molar-refractivity contribution is 6.33. The molecule has 2 aromatic rings. The number of aromatic nitrogens is 4. The number of H-pyrrole nitrogens is 1. The number of hydrogen-bond donors (Lipinski definition) is 1. The molecule has 1 amide bonds. The molecule has 3 rings (SSSR count). The lowest BCUT2D eigenvalue weighted by molar-refractivity contribution is 0.0699. The summed E-state index contributed by atoms with van der Waals surface area (Å²) in [5, 5.41) is 7.27. The summed E-state index contributed by atoms with van der Waals surface area (Å²) >= 11 is 6.06. The minimum Gasteiger partial charge on any atom is -0.337 e. The van der Waals surface area contributed by atoms with E-state index < -0.39 is 0 Å². The third-order valence-electron chi connectivity index (χ3n) is 3.74. The van der Waals surface area contributed by atoms with Crippen LogP contribution in [0.5, 0.6) is 0 Å². The van der Waals surface area contributed by atoms with Crippen molar-refractivity contribution in [1.82, 2.24) is 25.1 Å². The van der Waals surface area contributed by atoms with E-state index in [9.17, 15) is 4.79 Å². The van der Waals surface area contributed by atoms with Crippen LogP contribution in [0.2, 0.25) is 5.02 Å². The van der Waals surface area contributed by atoms with Crippen LogP contribution in [0.15, 0.2) is 18.5 Å². The average Bonchev–Trinajstić information content (AvgIpc) is 3.03. The molecule has 0 aromatic carbocycles. The molecule has 0 aliphatic carbocycles. The maximum absolute atomic E-state index is 12.6. The van der Waals surface area contributed by atoms with E-state index in [1.807, 2.05) is 11.0 Å². The molecule has 21 heavy (non-hydrogen) atoms. The fraction of sp³-hybridized carbons (Fsp3) is 0.429. The predicted molar refractivity (Wildman–Crippen MR) is 78.2 cm³/mol. The van der Waals surface area contributed by atoms with Crippen molar-refractivity contribution >= 4 is 17.5 Å². The van der Waals surface area contributed by atoms with E-state index in [4.69, 9.17) is 11.6 Å². The molecule has 110 valence electrons. The SMILES string of the molecule is Cc1ncc(Cl)c(C(=O)N2CCC[C@@H](c3ccn[nH]3)C2)n1. The molecule has 7 heteroatoms. The van der Waals surface area contributed by atoms with Crippen LogP contribution in [0.3, 0.4) is 0 Å². The number of piperidine rings is 1. The number of amides is 1. The Labute approximate surface area is 127 Å². The first kappa shape index (κ1) is 14.0. The van der Waals surface area contributed by atoms with Crippen LogP contribution < -0.4 is 0 Å². The van der Waals surface area contributed by atoms with E-state index in [-0.39, 0.29) is 17.5 Å². The highest BCUT2D eigenvalue weighted by atomic mass is 35.5. The summed E-state index contributed by atoms with van der Waals surface area (Å²) in [6.07, 6.45) is 5.22. The Morgan fingerprint density at radius 1 is 1.52 bits per heavy atom. The number of aryl methyl sites for hydroxylation is 1. The number of rotatable bonds is 2. The Hall–Kier alpha value is -1.95. The molecular formula is C14H16ClN5O. The van der Waals surface area contributed by atoms with Gasteiger partial charge >= 0.3 is 0 Å². The van der Waals surface area contributed by atoms with Gasteiger partial charge in [-0.3, -0.25) is 9.89 Å². The van der Waals surface area contributed by atoms with Gasteiger partial charge in [0.25, 0.3) is 5.91 Å². The zero-order valence-electron chi connectivity index (χ0n) is 11.7. The molecule has 2 aromatic heterocycles. The van der Waals surface area contributed by atoms with Crippen LogP contribution in [-0.4, -0.2) is 44.1 Å². The summed E-state index contributed by atoms with van der Waals surface area (Å²) in [5.41, 5.74) is 1.35. The summed E-state index contributed by atoms with van der Waals surface area (Å²) in [6, 6.07) is 1.96. The first-order chi connectivity index (χ1) is 10.1. The summed E-state index contributed by atoms with van der Waals surface area (Å²) in [6.45, 7) is 3.12. The molecule has 0 unspecified atom stereocenters. The van der Waals surface area contributed by atoms with E-state index in [1.165, 1.54) is 6.20 Å². The number of aromatic amines is 1. The zero-order valence-corrected chi connectivity index (χ0v) is 12.5. The summed E-state index contributed by atoms with van der Waals surface area (Å²) in [4.78, 5) is 22.6. The van der Waals surface area contributed by atoms with Gasteiger partial charge in [0.1, 0.15) is 5.82 Å². The molecule has 0 radical (unpaired) electrons. The average molecular weight is 306 g/mol. The lowest BCUT2D eigenvalue weighted by atomic mass is 9.95. The van der Waals surface area contributed by atoms with Gasteiger partial charge in [-0.25, -0.2) is 9.97 Å². The highest BCUT2D eigenvalue weighted by Gasteiger charge is 2.28. The Balaban J connectivity index is 1.79. The smallest absolute Gasteiger partial charge is 0.274 e. The molecule has 6 nitrogen and oxygen atoms in total. The van der Waals surface area contributed by atoms with Crippen molar-refractivity contribution in [1.29, 1.82) is 0 Å². The Morgan fingerprint density at radius 3 is 3.14 bits per heavy atom. The van der Waals surface area contributed by atoms with Crippen LogP contribution in [-0.2, 0) is 0 Å².